The Hall–Kier alpha value is -1.29. The van der Waals surface area contributed by atoms with Gasteiger partial charge in [-0.2, -0.15) is 0 Å². The summed E-state index contributed by atoms with van der Waals surface area (Å²) in [6, 6.07) is 5.46. The van der Waals surface area contributed by atoms with Crippen molar-refractivity contribution in [3.05, 3.63) is 18.3 Å². The average molecular weight is 246 g/mol. The number of nitrogens with zero attached hydrogens (tertiary/aromatic N) is 3. The second-order valence-electron chi connectivity index (χ2n) is 5.56. The van der Waals surface area contributed by atoms with E-state index in [4.69, 9.17) is 5.73 Å². The van der Waals surface area contributed by atoms with Gasteiger partial charge in [0.1, 0.15) is 5.82 Å². The molecular weight excluding hydrogens is 224 g/mol. The van der Waals surface area contributed by atoms with Crippen molar-refractivity contribution in [3.63, 3.8) is 0 Å². The van der Waals surface area contributed by atoms with Crippen molar-refractivity contribution in [3.8, 4) is 0 Å². The predicted molar refractivity (Wildman–Crippen MR) is 74.7 cm³/mol. The largest absolute Gasteiger partial charge is 0.384 e. The van der Waals surface area contributed by atoms with Crippen LogP contribution in [0.5, 0.6) is 0 Å². The molecule has 0 aromatic carbocycles. The van der Waals surface area contributed by atoms with E-state index in [1.54, 1.807) is 0 Å². The molecule has 2 saturated heterocycles. The van der Waals surface area contributed by atoms with Crippen LogP contribution in [-0.2, 0) is 0 Å². The molecule has 0 aliphatic carbocycles. The molecule has 4 nitrogen and oxygen atoms in total. The molecule has 2 aliphatic heterocycles. The topological polar surface area (TPSA) is 45.4 Å². The first-order chi connectivity index (χ1) is 8.74. The fourth-order valence-corrected chi connectivity index (χ4v) is 3.33. The summed E-state index contributed by atoms with van der Waals surface area (Å²) in [6.07, 6.45) is 5.89. The number of nitrogens with two attached hydrogens (primary N) is 1. The third-order valence-electron chi connectivity index (χ3n) is 4.37. The Balaban J connectivity index is 1.66. The fourth-order valence-electron chi connectivity index (χ4n) is 3.33. The molecule has 4 heteroatoms. The molecule has 0 radical (unpaired) electrons. The lowest BCUT2D eigenvalue weighted by Crippen LogP contribution is -2.39. The zero-order valence-electron chi connectivity index (χ0n) is 11.0. The first kappa shape index (κ1) is 11.8. The Labute approximate surface area is 109 Å². The number of hydrogen-bond donors (Lipinski definition) is 1. The van der Waals surface area contributed by atoms with Gasteiger partial charge in [0.25, 0.3) is 0 Å². The highest BCUT2D eigenvalue weighted by Gasteiger charge is 2.32. The van der Waals surface area contributed by atoms with Crippen molar-refractivity contribution in [2.45, 2.75) is 38.3 Å². The summed E-state index contributed by atoms with van der Waals surface area (Å²) in [6.45, 7) is 5.91. The number of nitrogen functional groups attached to an aromatic ring is 1. The number of aromatic nitrogens is 1. The van der Waals surface area contributed by atoms with E-state index in [9.17, 15) is 0 Å². The van der Waals surface area contributed by atoms with E-state index in [0.717, 1.165) is 25.2 Å². The van der Waals surface area contributed by atoms with Gasteiger partial charge in [-0.3, -0.25) is 4.90 Å². The number of pyridine rings is 1. The minimum absolute atomic E-state index is 0.600. The van der Waals surface area contributed by atoms with Gasteiger partial charge in [0.2, 0.25) is 0 Å². The van der Waals surface area contributed by atoms with Crippen LogP contribution in [0.1, 0.15) is 26.2 Å². The van der Waals surface area contributed by atoms with E-state index >= 15 is 0 Å². The van der Waals surface area contributed by atoms with Crippen molar-refractivity contribution in [2.24, 2.45) is 0 Å². The second-order valence-corrected chi connectivity index (χ2v) is 5.56. The van der Waals surface area contributed by atoms with E-state index in [2.05, 4.69) is 27.8 Å². The maximum Gasteiger partial charge on any atom is 0.123 e. The summed E-state index contributed by atoms with van der Waals surface area (Å²) in [5, 5.41) is 0. The van der Waals surface area contributed by atoms with Crippen LogP contribution in [-0.4, -0.2) is 41.6 Å². The predicted octanol–water partition coefficient (Wildman–Crippen LogP) is 1.73. The maximum atomic E-state index is 5.63. The molecule has 2 aliphatic rings. The van der Waals surface area contributed by atoms with Crippen molar-refractivity contribution in [2.75, 3.05) is 30.3 Å². The summed E-state index contributed by atoms with van der Waals surface area (Å²) in [4.78, 5) is 9.30. The Morgan fingerprint density at radius 2 is 2.17 bits per heavy atom. The van der Waals surface area contributed by atoms with Gasteiger partial charge in [-0.05, 0) is 44.9 Å². The molecule has 2 atom stereocenters. The highest BCUT2D eigenvalue weighted by Crippen LogP contribution is 2.27. The van der Waals surface area contributed by atoms with Crippen molar-refractivity contribution < 1.29 is 0 Å². The number of hydrogen-bond acceptors (Lipinski definition) is 4. The van der Waals surface area contributed by atoms with Crippen LogP contribution in [0, 0.1) is 0 Å². The molecule has 0 bridgehead atoms. The quantitative estimate of drug-likeness (QED) is 0.863. The van der Waals surface area contributed by atoms with Crippen LogP contribution in [0.25, 0.3) is 0 Å². The molecule has 98 valence electrons. The second kappa shape index (κ2) is 4.76. The molecule has 1 aromatic heterocycles. The van der Waals surface area contributed by atoms with E-state index in [-0.39, 0.29) is 0 Å². The van der Waals surface area contributed by atoms with Crippen LogP contribution in [0.2, 0.25) is 0 Å². The minimum Gasteiger partial charge on any atom is -0.384 e. The van der Waals surface area contributed by atoms with E-state index in [1.807, 2.05) is 12.3 Å². The fraction of sp³-hybridized carbons (Fsp3) is 0.643. The summed E-state index contributed by atoms with van der Waals surface area (Å²) >= 11 is 0. The van der Waals surface area contributed by atoms with Gasteiger partial charge >= 0.3 is 0 Å². The van der Waals surface area contributed by atoms with Crippen LogP contribution in [0.4, 0.5) is 11.5 Å². The van der Waals surface area contributed by atoms with Gasteiger partial charge in [-0.1, -0.05) is 0 Å². The summed E-state index contributed by atoms with van der Waals surface area (Å²) in [5.41, 5.74) is 6.84. The van der Waals surface area contributed by atoms with Crippen LogP contribution < -0.4 is 10.6 Å². The normalized spacial score (nSPS) is 29.1. The number of rotatable bonds is 2. The van der Waals surface area contributed by atoms with Crippen molar-refractivity contribution in [1.29, 1.82) is 0 Å². The molecule has 3 heterocycles. The standard InChI is InChI=1S/C14H22N4/c1-11-3-2-7-18(11)13-6-8-17(10-13)12-4-5-14(15)16-9-12/h4-5,9,11,13H,2-3,6-8,10H2,1H3,(H2,15,16). The summed E-state index contributed by atoms with van der Waals surface area (Å²) in [7, 11) is 0. The lowest BCUT2D eigenvalue weighted by atomic mass is 10.2. The summed E-state index contributed by atoms with van der Waals surface area (Å²) < 4.78 is 0. The number of likely N-dealkylation sites (tertiary alicyclic amines) is 1. The summed E-state index contributed by atoms with van der Waals surface area (Å²) in [5.74, 6) is 0.600. The van der Waals surface area contributed by atoms with Gasteiger partial charge in [-0.15, -0.1) is 0 Å². The Bertz CT molecular complexity index is 403. The van der Waals surface area contributed by atoms with Crippen LogP contribution in [0.3, 0.4) is 0 Å². The lowest BCUT2D eigenvalue weighted by molar-refractivity contribution is 0.204. The molecule has 2 fully saturated rings. The van der Waals surface area contributed by atoms with Gasteiger partial charge in [0, 0.05) is 25.2 Å². The van der Waals surface area contributed by atoms with Crippen molar-refractivity contribution >= 4 is 11.5 Å². The highest BCUT2D eigenvalue weighted by atomic mass is 15.3. The monoisotopic (exact) mass is 246 g/mol. The molecule has 3 rings (SSSR count). The first-order valence-corrected chi connectivity index (χ1v) is 6.96. The Morgan fingerprint density at radius 1 is 1.28 bits per heavy atom. The van der Waals surface area contributed by atoms with E-state index < -0.39 is 0 Å². The van der Waals surface area contributed by atoms with Crippen LogP contribution in [0.15, 0.2) is 18.3 Å². The first-order valence-electron chi connectivity index (χ1n) is 6.96. The van der Waals surface area contributed by atoms with Gasteiger partial charge in [0.15, 0.2) is 0 Å². The molecule has 18 heavy (non-hydrogen) atoms. The maximum absolute atomic E-state index is 5.63. The van der Waals surface area contributed by atoms with Gasteiger partial charge < -0.3 is 10.6 Å². The molecular formula is C14H22N4. The molecule has 0 spiro atoms. The minimum atomic E-state index is 0.600. The van der Waals surface area contributed by atoms with Gasteiger partial charge in [-0.25, -0.2) is 4.98 Å². The molecule has 2 N–H and O–H groups in total. The molecule has 0 saturated carbocycles. The molecule has 0 amide bonds. The average Bonchev–Trinajstić information content (AvgIpc) is 2.98. The number of anilines is 2. The van der Waals surface area contributed by atoms with Crippen molar-refractivity contribution in [1.82, 2.24) is 9.88 Å². The Kier molecular flexibility index (Phi) is 3.12. The third kappa shape index (κ3) is 2.17. The van der Waals surface area contributed by atoms with Crippen LogP contribution >= 0.6 is 0 Å². The molecule has 1 aromatic rings. The smallest absolute Gasteiger partial charge is 0.123 e. The van der Waals surface area contributed by atoms with E-state index in [0.29, 0.717) is 5.82 Å². The third-order valence-corrected chi connectivity index (χ3v) is 4.37. The molecule has 2 unspecified atom stereocenters. The SMILES string of the molecule is CC1CCCN1C1CCN(c2ccc(N)nc2)C1. The highest BCUT2D eigenvalue weighted by molar-refractivity contribution is 5.49. The zero-order valence-corrected chi connectivity index (χ0v) is 11.0. The van der Waals surface area contributed by atoms with E-state index in [1.165, 1.54) is 31.5 Å². The Morgan fingerprint density at radius 3 is 2.83 bits per heavy atom. The lowest BCUT2D eigenvalue weighted by Gasteiger charge is -2.28. The zero-order chi connectivity index (χ0) is 12.5. The van der Waals surface area contributed by atoms with Gasteiger partial charge in [0.05, 0.1) is 11.9 Å².